The van der Waals surface area contributed by atoms with Crippen LogP contribution in [0.3, 0.4) is 0 Å². The molecule has 1 aliphatic rings. The third kappa shape index (κ3) is 7.33. The van der Waals surface area contributed by atoms with Gasteiger partial charge in [-0.2, -0.15) is 18.3 Å². The molecule has 236 valence electrons. The summed E-state index contributed by atoms with van der Waals surface area (Å²) in [6.07, 6.45) is -1.18. The van der Waals surface area contributed by atoms with Crippen molar-refractivity contribution in [1.82, 2.24) is 20.0 Å². The van der Waals surface area contributed by atoms with Crippen molar-refractivity contribution in [3.8, 4) is 11.1 Å². The predicted octanol–water partition coefficient (Wildman–Crippen LogP) is 8.54. The molecule has 1 aromatic heterocycles. The smallest absolute Gasteiger partial charge is 0.416 e. The largest absolute Gasteiger partial charge is 0.444 e. The number of aromatic nitrogens is 2. The fourth-order valence-corrected chi connectivity index (χ4v) is 5.76. The topological polar surface area (TPSA) is 78.5 Å². The van der Waals surface area contributed by atoms with E-state index in [1.165, 1.54) is 6.07 Å². The molecule has 45 heavy (non-hydrogen) atoms. The number of H-pyrrole nitrogens is 1. The number of fused-ring (bicyclic) bond motifs is 1. The van der Waals surface area contributed by atoms with Gasteiger partial charge in [-0.3, -0.25) is 14.8 Å². The van der Waals surface area contributed by atoms with E-state index in [2.05, 4.69) is 10.2 Å². The number of nitrogens with zero attached hydrogens (tertiary/aromatic N) is 3. The lowest BCUT2D eigenvalue weighted by atomic mass is 10.0. The first-order chi connectivity index (χ1) is 21.1. The monoisotopic (exact) mass is 638 g/mol. The number of hydrogen-bond donors (Lipinski definition) is 1. The van der Waals surface area contributed by atoms with Crippen molar-refractivity contribution in [2.75, 3.05) is 13.1 Å². The first kappa shape index (κ1) is 32.1. The average Bonchev–Trinajstić information content (AvgIpc) is 3.36. The van der Waals surface area contributed by atoms with Crippen LogP contribution in [-0.2, 0) is 10.9 Å². The van der Waals surface area contributed by atoms with Crippen LogP contribution in [-0.4, -0.2) is 62.8 Å². The molecule has 1 saturated heterocycles. The van der Waals surface area contributed by atoms with E-state index < -0.39 is 17.3 Å². The van der Waals surface area contributed by atoms with Gasteiger partial charge in [0.2, 0.25) is 0 Å². The lowest BCUT2D eigenvalue weighted by Crippen LogP contribution is -2.60. The van der Waals surface area contributed by atoms with Gasteiger partial charge in [0.15, 0.2) is 0 Å². The summed E-state index contributed by atoms with van der Waals surface area (Å²) < 4.78 is 45.4. The summed E-state index contributed by atoms with van der Waals surface area (Å²) in [5.74, 6) is -0.107. The molecule has 4 aromatic rings. The van der Waals surface area contributed by atoms with E-state index in [-0.39, 0.29) is 29.1 Å². The quantitative estimate of drug-likeness (QED) is 0.243. The Labute approximate surface area is 264 Å². The number of amides is 2. The fourth-order valence-electron chi connectivity index (χ4n) is 5.53. The van der Waals surface area contributed by atoms with E-state index >= 15 is 0 Å². The van der Waals surface area contributed by atoms with Gasteiger partial charge in [-0.15, -0.1) is 0 Å². The van der Waals surface area contributed by atoms with E-state index in [1.807, 2.05) is 58.9 Å². The molecule has 1 N–H and O–H groups in total. The van der Waals surface area contributed by atoms with Crippen molar-refractivity contribution >= 4 is 46.7 Å². The molecular formula is C34H34ClF3N4O3. The number of halogens is 4. The molecule has 0 radical (unpaired) electrons. The number of nitrogens with one attached hydrogen (secondary N) is 1. The number of carbonyl (C=O) groups is 2. The Morgan fingerprint density at radius 2 is 1.60 bits per heavy atom. The maximum absolute atomic E-state index is 13.3. The minimum absolute atomic E-state index is 0.00533. The Hall–Kier alpha value is -4.31. The van der Waals surface area contributed by atoms with Crippen LogP contribution in [0.4, 0.5) is 18.0 Å². The normalized spacial score (nSPS) is 17.7. The van der Waals surface area contributed by atoms with Crippen molar-refractivity contribution in [3.63, 3.8) is 0 Å². The van der Waals surface area contributed by atoms with Crippen LogP contribution in [0, 0.1) is 0 Å². The minimum Gasteiger partial charge on any atom is -0.444 e. The highest BCUT2D eigenvalue weighted by atomic mass is 35.5. The molecule has 2 heterocycles. The second-order valence-corrected chi connectivity index (χ2v) is 12.8. The lowest BCUT2D eigenvalue weighted by molar-refractivity contribution is -0.137. The summed E-state index contributed by atoms with van der Waals surface area (Å²) in [7, 11) is 0. The minimum atomic E-state index is -4.50. The van der Waals surface area contributed by atoms with Crippen LogP contribution in [0.1, 0.15) is 61.8 Å². The highest BCUT2D eigenvalue weighted by molar-refractivity contribution is 6.31. The van der Waals surface area contributed by atoms with Crippen LogP contribution < -0.4 is 0 Å². The van der Waals surface area contributed by atoms with E-state index in [0.717, 1.165) is 23.1 Å². The zero-order valence-corrected chi connectivity index (χ0v) is 26.3. The first-order valence-corrected chi connectivity index (χ1v) is 14.9. The summed E-state index contributed by atoms with van der Waals surface area (Å²) >= 11 is 5.97. The van der Waals surface area contributed by atoms with Gasteiger partial charge in [0.25, 0.3) is 5.91 Å². The van der Waals surface area contributed by atoms with Gasteiger partial charge in [-0.05, 0) is 99.8 Å². The molecule has 0 unspecified atom stereocenters. The Bertz CT molecular complexity index is 1750. The molecule has 2 atom stereocenters. The standard InChI is InChI=1S/C34H34ClF3N4O3/c1-20-18-41(19-21(2)42(20)32(44)45-33(3,4)5)31(43)23-9-6-22(7-10-23)8-13-29-28-12-11-24(16-30(28)40-39-29)25-14-26(34(36,37)38)17-27(35)15-25/h6-17,20-21H,18-19H2,1-5H3,(H,39,40)/b13-8+/t20-,21+. The van der Waals surface area contributed by atoms with Crippen molar-refractivity contribution in [1.29, 1.82) is 0 Å². The molecule has 0 aliphatic carbocycles. The number of carbonyl (C=O) groups excluding carboxylic acids is 2. The van der Waals surface area contributed by atoms with Gasteiger partial charge < -0.3 is 9.64 Å². The molecule has 0 spiro atoms. The molecule has 0 saturated carbocycles. The number of rotatable bonds is 4. The van der Waals surface area contributed by atoms with Crippen molar-refractivity contribution in [2.24, 2.45) is 0 Å². The summed E-state index contributed by atoms with van der Waals surface area (Å²) in [6.45, 7) is 10.1. The molecule has 3 aromatic carbocycles. The number of alkyl halides is 3. The maximum Gasteiger partial charge on any atom is 0.416 e. The third-order valence-electron chi connectivity index (χ3n) is 7.55. The summed E-state index contributed by atoms with van der Waals surface area (Å²) in [5, 5.41) is 8.11. The van der Waals surface area contributed by atoms with Gasteiger partial charge >= 0.3 is 12.3 Å². The van der Waals surface area contributed by atoms with Crippen LogP contribution in [0.25, 0.3) is 34.2 Å². The molecule has 7 nitrogen and oxygen atoms in total. The van der Waals surface area contributed by atoms with Gasteiger partial charge in [0.05, 0.1) is 28.9 Å². The lowest BCUT2D eigenvalue weighted by Gasteiger charge is -2.44. The number of piperazine rings is 1. The van der Waals surface area contributed by atoms with E-state index in [4.69, 9.17) is 16.3 Å². The predicted molar refractivity (Wildman–Crippen MR) is 170 cm³/mol. The maximum atomic E-state index is 13.3. The highest BCUT2D eigenvalue weighted by Crippen LogP contribution is 2.35. The molecular weight excluding hydrogens is 605 g/mol. The van der Waals surface area contributed by atoms with Gasteiger partial charge in [-0.25, -0.2) is 4.79 Å². The third-order valence-corrected chi connectivity index (χ3v) is 7.77. The number of aromatic amines is 1. The molecule has 5 rings (SSSR count). The van der Waals surface area contributed by atoms with Gasteiger partial charge in [0, 0.05) is 29.1 Å². The highest BCUT2D eigenvalue weighted by Gasteiger charge is 2.37. The average molecular weight is 639 g/mol. The van der Waals surface area contributed by atoms with E-state index in [9.17, 15) is 22.8 Å². The fraction of sp³-hybridized carbons (Fsp3) is 0.324. The number of ether oxygens (including phenoxy) is 1. The van der Waals surface area contributed by atoms with Crippen molar-refractivity contribution in [2.45, 2.75) is 58.5 Å². The van der Waals surface area contributed by atoms with Gasteiger partial charge in [-0.1, -0.05) is 35.9 Å². The summed E-state index contributed by atoms with van der Waals surface area (Å²) in [6, 6.07) is 15.6. The molecule has 2 amide bonds. The van der Waals surface area contributed by atoms with E-state index in [0.29, 0.717) is 41.0 Å². The zero-order chi connectivity index (χ0) is 32.7. The SMILES string of the molecule is C[C@@H]1CN(C(=O)c2ccc(/C=C/c3n[nH]c4cc(-c5cc(Cl)cc(C(F)(F)F)c5)ccc34)cc2)C[C@H](C)N1C(=O)OC(C)(C)C. The van der Waals surface area contributed by atoms with Crippen LogP contribution in [0.15, 0.2) is 60.7 Å². The molecule has 1 aliphatic heterocycles. The Morgan fingerprint density at radius 3 is 2.22 bits per heavy atom. The zero-order valence-electron chi connectivity index (χ0n) is 25.6. The number of hydrogen-bond acceptors (Lipinski definition) is 4. The van der Waals surface area contributed by atoms with E-state index in [1.54, 1.807) is 40.1 Å². The van der Waals surface area contributed by atoms with Crippen molar-refractivity contribution < 1.29 is 27.5 Å². The molecule has 1 fully saturated rings. The van der Waals surface area contributed by atoms with Crippen LogP contribution in [0.5, 0.6) is 0 Å². The van der Waals surface area contributed by atoms with Crippen LogP contribution in [0.2, 0.25) is 5.02 Å². The van der Waals surface area contributed by atoms with Gasteiger partial charge in [0.1, 0.15) is 5.60 Å². The second-order valence-electron chi connectivity index (χ2n) is 12.3. The van der Waals surface area contributed by atoms with Crippen LogP contribution >= 0.6 is 11.6 Å². The summed E-state index contributed by atoms with van der Waals surface area (Å²) in [5.41, 5.74) is 2.24. The molecule has 0 bridgehead atoms. The first-order valence-electron chi connectivity index (χ1n) is 14.5. The molecule has 11 heteroatoms. The Kier molecular flexibility index (Phi) is 8.72. The Balaban J connectivity index is 1.26. The second kappa shape index (κ2) is 12.2. The summed E-state index contributed by atoms with van der Waals surface area (Å²) in [4.78, 5) is 29.5. The number of benzene rings is 3. The Morgan fingerprint density at radius 1 is 0.933 bits per heavy atom. The van der Waals surface area contributed by atoms with Crippen molar-refractivity contribution in [3.05, 3.63) is 88.1 Å².